The number of nitrogens with one attached hydrogen (secondary N) is 2. The number of pyridine rings is 1. The molecule has 0 bridgehead atoms. The summed E-state index contributed by atoms with van der Waals surface area (Å²) in [6, 6.07) is -6.39. The predicted molar refractivity (Wildman–Crippen MR) is 129 cm³/mol. The summed E-state index contributed by atoms with van der Waals surface area (Å²) < 4.78 is 169. The molecule has 0 unspecified atom stereocenters. The number of hydrogen-bond donors (Lipinski definition) is 2. The number of nitriles is 1. The lowest BCUT2D eigenvalue weighted by Gasteiger charge is -2.16. The average molecular weight is 487 g/mol. The van der Waals surface area contributed by atoms with Gasteiger partial charge in [0.15, 0.2) is 0 Å². The van der Waals surface area contributed by atoms with Crippen LogP contribution < -0.4 is 15.4 Å². The molecule has 0 aliphatic rings. The number of hydrogen-bond acceptors (Lipinski definition) is 6. The Kier molecular flexibility index (Phi) is 3.03. The molecule has 0 spiro atoms. The third-order valence-corrected chi connectivity index (χ3v) is 3.90. The third-order valence-electron chi connectivity index (χ3n) is 3.64. The summed E-state index contributed by atoms with van der Waals surface area (Å²) in [4.78, 5) is 16.9. The van der Waals surface area contributed by atoms with Crippen LogP contribution in [-0.4, -0.2) is 42.8 Å². The normalized spacial score (nSPS) is 21.6. The van der Waals surface area contributed by atoms with Crippen molar-refractivity contribution >= 4 is 45.5 Å². The lowest BCUT2D eigenvalue weighted by molar-refractivity contribution is -0.111. The second-order valence-corrected chi connectivity index (χ2v) is 6.19. The maximum Gasteiger partial charge on any atom is 0.248 e. The quantitative estimate of drug-likeness (QED) is 0.430. The Morgan fingerprint density at radius 3 is 3.09 bits per heavy atom. The molecule has 1 aromatic heterocycles. The number of likely N-dealkylation sites (N-methyl/N-ethyl adjacent to an activating group) is 1. The van der Waals surface area contributed by atoms with Gasteiger partial charge < -0.3 is 20.3 Å². The van der Waals surface area contributed by atoms with E-state index < -0.39 is 138 Å². The molecule has 1 heterocycles. The summed E-state index contributed by atoms with van der Waals surface area (Å²) in [6.45, 7) is -15.3. The van der Waals surface area contributed by atoms with Crippen molar-refractivity contribution in [1.82, 2.24) is 9.88 Å². The molecule has 0 aliphatic carbocycles. The van der Waals surface area contributed by atoms with E-state index in [9.17, 15) is 14.4 Å². The van der Waals surface area contributed by atoms with Gasteiger partial charge >= 0.3 is 0 Å². The van der Waals surface area contributed by atoms with Crippen LogP contribution in [0.3, 0.4) is 0 Å². The van der Waals surface area contributed by atoms with Crippen molar-refractivity contribution in [2.45, 2.75) is 6.85 Å². The highest BCUT2D eigenvalue weighted by Gasteiger charge is 2.15. The van der Waals surface area contributed by atoms with Crippen molar-refractivity contribution in [3.05, 3.63) is 64.9 Å². The summed E-state index contributed by atoms with van der Waals surface area (Å²) in [6.07, 6.45) is -0.951. The highest BCUT2D eigenvalue weighted by atomic mass is 35.5. The van der Waals surface area contributed by atoms with Gasteiger partial charge in [-0.15, -0.1) is 0 Å². The van der Waals surface area contributed by atoms with Crippen LogP contribution in [-0.2, 0) is 4.79 Å². The van der Waals surface area contributed by atoms with Gasteiger partial charge in [0.05, 0.1) is 47.7 Å². The highest BCUT2D eigenvalue weighted by Crippen LogP contribution is 2.36. The number of rotatable bonds is 8. The first-order valence-electron chi connectivity index (χ1n) is 18.0. The van der Waals surface area contributed by atoms with Gasteiger partial charge in [0.1, 0.15) is 17.6 Å². The van der Waals surface area contributed by atoms with Crippen LogP contribution in [0.4, 0.5) is 21.5 Å². The summed E-state index contributed by atoms with van der Waals surface area (Å²) in [7, 11) is 0. The molecule has 170 valence electrons. The molecule has 0 aliphatic heterocycles. The standard InChI is InChI=1S/C24H23ClFN5O2/c1-4-33-22-12-20-17(11-21(22)30-23(32)6-5-9-31(2)3)24(15(13-27)14-28-20)29-16-7-8-19(26)18(25)10-16/h5-8,10-12,14H,4,9H2,1-3H3,(H,28,29)(H,30,32)/b6-5+/i1D3,2D3,3D3,4D2,5D,6D,7D,8D,10D,11D,12D,14D. The zero-order chi connectivity index (χ0) is 40.2. The van der Waals surface area contributed by atoms with Crippen LogP contribution >= 0.6 is 11.6 Å². The van der Waals surface area contributed by atoms with E-state index in [4.69, 9.17) is 42.4 Å². The van der Waals surface area contributed by atoms with Crippen LogP contribution in [0.2, 0.25) is 5.02 Å². The number of ether oxygens (including phenoxy) is 1. The van der Waals surface area contributed by atoms with Crippen LogP contribution in [0.15, 0.2) is 48.5 Å². The largest absolute Gasteiger partial charge is 0.492 e. The molecule has 9 heteroatoms. The number of amides is 1. The van der Waals surface area contributed by atoms with Crippen molar-refractivity contribution in [3.63, 3.8) is 0 Å². The minimum atomic E-state index is -3.68. The van der Waals surface area contributed by atoms with Gasteiger partial charge in [0.25, 0.3) is 0 Å². The summed E-state index contributed by atoms with van der Waals surface area (Å²) in [5, 5.41) is 12.4. The van der Waals surface area contributed by atoms with Gasteiger partial charge in [0, 0.05) is 48.2 Å². The van der Waals surface area contributed by atoms with Crippen LogP contribution in [0, 0.1) is 17.1 Å². The molecule has 0 atom stereocenters. The van der Waals surface area contributed by atoms with E-state index in [1.807, 2.05) is 5.32 Å². The van der Waals surface area contributed by atoms with E-state index in [2.05, 4.69) is 10.3 Å². The number of benzene rings is 2. The number of halogens is 2. The maximum absolute atomic E-state index is 14.3. The smallest absolute Gasteiger partial charge is 0.248 e. The molecule has 0 radical (unpaired) electrons. The minimum Gasteiger partial charge on any atom is -0.492 e. The lowest BCUT2D eigenvalue weighted by atomic mass is 10.1. The van der Waals surface area contributed by atoms with E-state index in [-0.39, 0.29) is 4.90 Å². The van der Waals surface area contributed by atoms with Crippen molar-refractivity contribution in [2.75, 3.05) is 37.7 Å². The van der Waals surface area contributed by atoms with Gasteiger partial charge in [-0.25, -0.2) is 4.39 Å². The van der Waals surface area contributed by atoms with Gasteiger partial charge in [-0.3, -0.25) is 9.78 Å². The predicted octanol–water partition coefficient (Wildman–Crippen LogP) is 5.10. The first-order valence-corrected chi connectivity index (χ1v) is 8.91. The molecule has 0 saturated heterocycles. The van der Waals surface area contributed by atoms with Crippen molar-refractivity contribution in [2.24, 2.45) is 0 Å². The molecular weight excluding hydrogens is 445 g/mol. The number of fused-ring (bicyclic) bond motifs is 1. The zero-order valence-electron chi connectivity index (χ0n) is 35.1. The fourth-order valence-electron chi connectivity index (χ4n) is 2.35. The molecule has 2 N–H and O–H groups in total. The maximum atomic E-state index is 14.3. The van der Waals surface area contributed by atoms with Crippen molar-refractivity contribution < 1.29 is 40.0 Å². The Hall–Kier alpha value is -3.67. The van der Waals surface area contributed by atoms with Gasteiger partial charge in [-0.1, -0.05) is 17.7 Å². The van der Waals surface area contributed by atoms with Gasteiger partial charge in [-0.05, 0) is 45.0 Å². The molecule has 0 saturated carbocycles. The van der Waals surface area contributed by atoms with Crippen molar-refractivity contribution in [1.29, 1.82) is 5.26 Å². The molecule has 3 rings (SSSR count). The molecule has 0 fully saturated rings. The van der Waals surface area contributed by atoms with E-state index in [1.54, 1.807) is 6.07 Å². The molecule has 2 aromatic carbocycles. The fourth-order valence-corrected chi connectivity index (χ4v) is 2.49. The zero-order valence-corrected chi connectivity index (χ0v) is 16.9. The topological polar surface area (TPSA) is 90.3 Å². The summed E-state index contributed by atoms with van der Waals surface area (Å²) >= 11 is 5.81. The number of aromatic nitrogens is 1. The van der Waals surface area contributed by atoms with E-state index in [1.165, 1.54) is 0 Å². The van der Waals surface area contributed by atoms with Crippen LogP contribution in [0.25, 0.3) is 10.9 Å². The fraction of sp³-hybridized carbons (Fsp3) is 0.208. The Balaban J connectivity index is 2.44. The minimum absolute atomic E-state index is 0.159. The second kappa shape index (κ2) is 10.8. The number of anilines is 3. The van der Waals surface area contributed by atoms with E-state index >= 15 is 0 Å². The highest BCUT2D eigenvalue weighted by molar-refractivity contribution is 6.31. The Morgan fingerprint density at radius 2 is 2.33 bits per heavy atom. The molecule has 33 heavy (non-hydrogen) atoms. The monoisotopic (exact) mass is 486 g/mol. The first kappa shape index (κ1) is 9.29. The molecule has 7 nitrogen and oxygen atoms in total. The Labute approximate surface area is 223 Å². The SMILES string of the molecule is [2H]/C(CN(C([2H])([2H])[2H])C([2H])([2H])[2H])=C(/[2H])C(=O)Nc1c(OC([2H])([2H])C([2H])([2H])[2H])c([2H])c2nc([2H])c(C#N)c(Nc3c([2H])c([2H])c(F)c(Cl)c3[2H])c2c1[2H]. The summed E-state index contributed by atoms with van der Waals surface area (Å²) in [5.41, 5.74) is -4.18. The van der Waals surface area contributed by atoms with E-state index in [0.717, 1.165) is 0 Å². The van der Waals surface area contributed by atoms with E-state index in [0.29, 0.717) is 0 Å². The Bertz CT molecular complexity index is 2000. The Morgan fingerprint density at radius 1 is 1.48 bits per heavy atom. The summed E-state index contributed by atoms with van der Waals surface area (Å²) in [5.74, 6) is -4.43. The number of carbonyl (C=O) groups is 1. The average Bonchev–Trinajstić information content (AvgIpc) is 3.01. The molecule has 3 aromatic rings. The number of nitrogens with zero attached hydrogens (tertiary/aromatic N) is 3. The second-order valence-electron chi connectivity index (χ2n) is 5.81. The van der Waals surface area contributed by atoms with Gasteiger partial charge in [-0.2, -0.15) is 5.26 Å². The van der Waals surface area contributed by atoms with Crippen molar-refractivity contribution in [3.8, 4) is 11.8 Å². The van der Waals surface area contributed by atoms with Crippen LogP contribution in [0.5, 0.6) is 5.75 Å². The molecular formula is C24H23ClFN5O2. The number of carbonyl (C=O) groups excluding carboxylic acids is 1. The molecule has 1 amide bonds. The lowest BCUT2D eigenvalue weighted by Crippen LogP contribution is -2.13. The van der Waals surface area contributed by atoms with Crippen LogP contribution in [0.1, 0.15) is 38.5 Å². The van der Waals surface area contributed by atoms with Gasteiger partial charge in [0.2, 0.25) is 5.91 Å². The third kappa shape index (κ3) is 5.98. The first-order chi connectivity index (χ1) is 23.5.